The van der Waals surface area contributed by atoms with Gasteiger partial charge in [-0.15, -0.1) is 0 Å². The number of ether oxygens (including phenoxy) is 1. The van der Waals surface area contributed by atoms with E-state index in [1.54, 1.807) is 0 Å². The third-order valence-corrected chi connectivity index (χ3v) is 4.72. The standard InChI is InChI=1S/C16H24N4O3/c1-3-23-16(22)11-5-8-20(9-6-11)15(21)14-12-10-17-7-4-13(12)19(2)18-14/h11,17H,3-10H2,1-2H3. The Hall–Kier alpha value is -1.89. The van der Waals surface area contributed by atoms with Crippen LogP contribution in [-0.4, -0.2) is 52.8 Å². The molecule has 7 nitrogen and oxygen atoms in total. The Kier molecular flexibility index (Phi) is 4.66. The highest BCUT2D eigenvalue weighted by Crippen LogP contribution is 2.23. The summed E-state index contributed by atoms with van der Waals surface area (Å²) in [5.74, 6) is -0.245. The van der Waals surface area contributed by atoms with Crippen molar-refractivity contribution in [2.45, 2.75) is 32.7 Å². The molecule has 0 atom stereocenters. The van der Waals surface area contributed by atoms with Crippen LogP contribution in [0.25, 0.3) is 0 Å². The van der Waals surface area contributed by atoms with Gasteiger partial charge in [-0.2, -0.15) is 5.10 Å². The van der Waals surface area contributed by atoms with Crippen LogP contribution in [0.2, 0.25) is 0 Å². The van der Waals surface area contributed by atoms with E-state index in [9.17, 15) is 9.59 Å². The maximum absolute atomic E-state index is 12.8. The Morgan fingerprint density at radius 2 is 2.09 bits per heavy atom. The fraction of sp³-hybridized carbons (Fsp3) is 0.688. The normalized spacial score (nSPS) is 18.6. The molecule has 2 aliphatic rings. The number of nitrogens with one attached hydrogen (secondary N) is 1. The fourth-order valence-corrected chi connectivity index (χ4v) is 3.42. The van der Waals surface area contributed by atoms with Crippen molar-refractivity contribution >= 4 is 11.9 Å². The number of rotatable bonds is 3. The van der Waals surface area contributed by atoms with Crippen LogP contribution in [0.3, 0.4) is 0 Å². The van der Waals surface area contributed by atoms with Crippen LogP contribution < -0.4 is 5.32 Å². The number of likely N-dealkylation sites (tertiary alicyclic amines) is 1. The van der Waals surface area contributed by atoms with E-state index in [0.717, 1.165) is 24.2 Å². The fourth-order valence-electron chi connectivity index (χ4n) is 3.42. The number of carbonyl (C=O) groups excluding carboxylic acids is 2. The molecular formula is C16H24N4O3. The number of nitrogens with zero attached hydrogens (tertiary/aromatic N) is 3. The molecule has 1 amide bonds. The second-order valence-corrected chi connectivity index (χ2v) is 6.14. The van der Waals surface area contributed by atoms with Gasteiger partial charge in [0.05, 0.1) is 12.5 Å². The number of hydrogen-bond acceptors (Lipinski definition) is 5. The highest BCUT2D eigenvalue weighted by molar-refractivity contribution is 5.94. The predicted molar refractivity (Wildman–Crippen MR) is 83.9 cm³/mol. The molecule has 1 fully saturated rings. The molecule has 1 aromatic heterocycles. The molecule has 1 aromatic rings. The molecule has 3 heterocycles. The summed E-state index contributed by atoms with van der Waals surface area (Å²) in [6.07, 6.45) is 2.23. The van der Waals surface area contributed by atoms with E-state index in [2.05, 4.69) is 10.4 Å². The highest BCUT2D eigenvalue weighted by Gasteiger charge is 2.32. The van der Waals surface area contributed by atoms with E-state index in [-0.39, 0.29) is 17.8 Å². The van der Waals surface area contributed by atoms with Crippen molar-refractivity contribution in [3.8, 4) is 0 Å². The molecule has 0 radical (unpaired) electrons. The van der Waals surface area contributed by atoms with Gasteiger partial charge in [-0.25, -0.2) is 0 Å². The summed E-state index contributed by atoms with van der Waals surface area (Å²) < 4.78 is 6.90. The van der Waals surface area contributed by atoms with Gasteiger partial charge in [0.25, 0.3) is 5.91 Å². The molecule has 1 saturated heterocycles. The molecule has 3 rings (SSSR count). The van der Waals surface area contributed by atoms with E-state index in [1.165, 1.54) is 0 Å². The lowest BCUT2D eigenvalue weighted by molar-refractivity contribution is -0.149. The number of aromatic nitrogens is 2. The van der Waals surface area contributed by atoms with Gasteiger partial charge in [-0.1, -0.05) is 0 Å². The SMILES string of the molecule is CCOC(=O)C1CCN(C(=O)c2nn(C)c3c2CNCC3)CC1. The largest absolute Gasteiger partial charge is 0.466 e. The second kappa shape index (κ2) is 6.70. The average molecular weight is 320 g/mol. The molecule has 0 bridgehead atoms. The third kappa shape index (κ3) is 3.10. The summed E-state index contributed by atoms with van der Waals surface area (Å²) in [5, 5.41) is 7.75. The van der Waals surface area contributed by atoms with Gasteiger partial charge in [0.1, 0.15) is 0 Å². The molecule has 1 N–H and O–H groups in total. The molecule has 2 aliphatic heterocycles. The van der Waals surface area contributed by atoms with Crippen LogP contribution in [0, 0.1) is 5.92 Å². The molecular weight excluding hydrogens is 296 g/mol. The molecule has 0 aromatic carbocycles. The lowest BCUT2D eigenvalue weighted by atomic mass is 9.96. The van der Waals surface area contributed by atoms with Gasteiger partial charge < -0.3 is 15.0 Å². The maximum atomic E-state index is 12.8. The van der Waals surface area contributed by atoms with Gasteiger partial charge in [-0.3, -0.25) is 14.3 Å². The number of amides is 1. The van der Waals surface area contributed by atoms with E-state index in [0.29, 0.717) is 44.8 Å². The van der Waals surface area contributed by atoms with Crippen molar-refractivity contribution in [1.82, 2.24) is 20.0 Å². The molecule has 0 saturated carbocycles. The molecule has 126 valence electrons. The van der Waals surface area contributed by atoms with Crippen molar-refractivity contribution in [1.29, 1.82) is 0 Å². The van der Waals surface area contributed by atoms with Crippen molar-refractivity contribution in [3.05, 3.63) is 17.0 Å². The van der Waals surface area contributed by atoms with Crippen molar-refractivity contribution in [2.24, 2.45) is 13.0 Å². The van der Waals surface area contributed by atoms with E-state index in [1.807, 2.05) is 23.6 Å². The topological polar surface area (TPSA) is 76.5 Å². The molecule has 0 aliphatic carbocycles. The van der Waals surface area contributed by atoms with Gasteiger partial charge in [0, 0.05) is 50.9 Å². The van der Waals surface area contributed by atoms with Gasteiger partial charge in [0.15, 0.2) is 5.69 Å². The monoisotopic (exact) mass is 320 g/mol. The molecule has 0 spiro atoms. The minimum Gasteiger partial charge on any atom is -0.466 e. The third-order valence-electron chi connectivity index (χ3n) is 4.72. The Bertz CT molecular complexity index is 603. The number of esters is 1. The Morgan fingerprint density at radius 3 is 2.78 bits per heavy atom. The first-order chi connectivity index (χ1) is 11.1. The Balaban J connectivity index is 1.67. The number of hydrogen-bond donors (Lipinski definition) is 1. The summed E-state index contributed by atoms with van der Waals surface area (Å²) in [5.41, 5.74) is 2.73. The predicted octanol–water partition coefficient (Wildman–Crippen LogP) is 0.481. The summed E-state index contributed by atoms with van der Waals surface area (Å²) in [4.78, 5) is 26.4. The first-order valence-electron chi connectivity index (χ1n) is 8.33. The van der Waals surface area contributed by atoms with Crippen LogP contribution in [0.15, 0.2) is 0 Å². The van der Waals surface area contributed by atoms with Gasteiger partial charge >= 0.3 is 5.97 Å². The van der Waals surface area contributed by atoms with Crippen LogP contribution in [-0.2, 0) is 29.5 Å². The number of aryl methyl sites for hydroxylation is 1. The van der Waals surface area contributed by atoms with E-state index < -0.39 is 0 Å². The zero-order valence-corrected chi connectivity index (χ0v) is 13.8. The number of fused-ring (bicyclic) bond motifs is 1. The van der Waals surface area contributed by atoms with Crippen molar-refractivity contribution in [2.75, 3.05) is 26.2 Å². The zero-order valence-electron chi connectivity index (χ0n) is 13.8. The maximum Gasteiger partial charge on any atom is 0.309 e. The van der Waals surface area contributed by atoms with E-state index in [4.69, 9.17) is 4.74 Å². The van der Waals surface area contributed by atoms with Crippen molar-refractivity contribution in [3.63, 3.8) is 0 Å². The smallest absolute Gasteiger partial charge is 0.309 e. The lowest BCUT2D eigenvalue weighted by Crippen LogP contribution is -2.41. The first kappa shape index (κ1) is 16.0. The highest BCUT2D eigenvalue weighted by atomic mass is 16.5. The average Bonchev–Trinajstić information content (AvgIpc) is 2.92. The number of piperidine rings is 1. The summed E-state index contributed by atoms with van der Waals surface area (Å²) in [6.45, 7) is 5.01. The first-order valence-corrected chi connectivity index (χ1v) is 8.33. The van der Waals surface area contributed by atoms with Gasteiger partial charge in [-0.05, 0) is 19.8 Å². The molecule has 0 unspecified atom stereocenters. The molecule has 7 heteroatoms. The Labute approximate surface area is 136 Å². The summed E-state index contributed by atoms with van der Waals surface area (Å²) >= 11 is 0. The van der Waals surface area contributed by atoms with Crippen LogP contribution >= 0.6 is 0 Å². The second-order valence-electron chi connectivity index (χ2n) is 6.14. The minimum atomic E-state index is -0.140. The summed E-state index contributed by atoms with van der Waals surface area (Å²) in [6, 6.07) is 0. The quantitative estimate of drug-likeness (QED) is 0.820. The van der Waals surface area contributed by atoms with Crippen molar-refractivity contribution < 1.29 is 14.3 Å². The van der Waals surface area contributed by atoms with Gasteiger partial charge in [0.2, 0.25) is 0 Å². The lowest BCUT2D eigenvalue weighted by Gasteiger charge is -2.30. The molecule has 23 heavy (non-hydrogen) atoms. The zero-order chi connectivity index (χ0) is 16.4. The summed E-state index contributed by atoms with van der Waals surface area (Å²) in [7, 11) is 1.90. The minimum absolute atomic E-state index is 0.0205. The van der Waals surface area contributed by atoms with Crippen LogP contribution in [0.5, 0.6) is 0 Å². The van der Waals surface area contributed by atoms with Crippen LogP contribution in [0.1, 0.15) is 41.5 Å². The Morgan fingerprint density at radius 1 is 1.35 bits per heavy atom. The number of carbonyl (C=O) groups is 2. The van der Waals surface area contributed by atoms with Crippen LogP contribution in [0.4, 0.5) is 0 Å². The van der Waals surface area contributed by atoms with E-state index >= 15 is 0 Å².